The largest absolute Gasteiger partial charge is 0.380 e. The highest BCUT2D eigenvalue weighted by molar-refractivity contribution is 5.29. The molecule has 96 valence electrons. The molecule has 0 unspecified atom stereocenters. The second kappa shape index (κ2) is 6.05. The van der Waals surface area contributed by atoms with Crippen LogP contribution in [0.15, 0.2) is 12.4 Å². The summed E-state index contributed by atoms with van der Waals surface area (Å²) in [5.74, 6) is 1.70. The Morgan fingerprint density at radius 2 is 2.29 bits per heavy atom. The van der Waals surface area contributed by atoms with Crippen molar-refractivity contribution in [1.82, 2.24) is 9.55 Å². The number of rotatable bonds is 8. The molecule has 17 heavy (non-hydrogen) atoms. The molecule has 1 aromatic heterocycles. The van der Waals surface area contributed by atoms with Gasteiger partial charge in [0, 0.05) is 31.6 Å². The molecule has 1 fully saturated rings. The third kappa shape index (κ3) is 4.38. The number of aromatic nitrogens is 2. The summed E-state index contributed by atoms with van der Waals surface area (Å²) in [6.45, 7) is 6.95. The molecular weight excluding hydrogens is 214 g/mol. The Balaban J connectivity index is 1.65. The molecular formula is C13H23N3O. The third-order valence-corrected chi connectivity index (χ3v) is 2.94. The minimum Gasteiger partial charge on any atom is -0.380 e. The van der Waals surface area contributed by atoms with Crippen molar-refractivity contribution in [2.45, 2.75) is 45.7 Å². The van der Waals surface area contributed by atoms with Crippen molar-refractivity contribution >= 4 is 5.95 Å². The lowest BCUT2D eigenvalue weighted by Gasteiger charge is -2.10. The predicted molar refractivity (Wildman–Crippen MR) is 69.1 cm³/mol. The maximum absolute atomic E-state index is 5.62. The van der Waals surface area contributed by atoms with Crippen LogP contribution in [-0.2, 0) is 11.3 Å². The summed E-state index contributed by atoms with van der Waals surface area (Å²) in [5.41, 5.74) is 0. The van der Waals surface area contributed by atoms with Gasteiger partial charge >= 0.3 is 0 Å². The van der Waals surface area contributed by atoms with E-state index < -0.39 is 0 Å². The summed E-state index contributed by atoms with van der Waals surface area (Å²) in [4.78, 5) is 4.32. The second-order valence-corrected chi connectivity index (χ2v) is 5.16. The molecule has 0 aliphatic heterocycles. The topological polar surface area (TPSA) is 39.1 Å². The van der Waals surface area contributed by atoms with Crippen LogP contribution >= 0.6 is 0 Å². The smallest absolute Gasteiger partial charge is 0.203 e. The van der Waals surface area contributed by atoms with E-state index in [-0.39, 0.29) is 0 Å². The molecule has 0 radical (unpaired) electrons. The highest BCUT2D eigenvalue weighted by Crippen LogP contribution is 2.23. The van der Waals surface area contributed by atoms with Crippen molar-refractivity contribution in [1.29, 1.82) is 0 Å². The summed E-state index contributed by atoms with van der Waals surface area (Å²) in [6.07, 6.45) is 7.54. The van der Waals surface area contributed by atoms with Gasteiger partial charge < -0.3 is 14.6 Å². The lowest BCUT2D eigenvalue weighted by Crippen LogP contribution is -2.12. The standard InChI is InChI=1S/C13H23N3O/c1-11(2)5-9-17-10-8-16-7-6-14-13(16)15-12-3-4-12/h6-7,11-12H,3-5,8-10H2,1-2H3,(H,14,15). The first-order chi connectivity index (χ1) is 8.25. The fourth-order valence-electron chi connectivity index (χ4n) is 1.62. The van der Waals surface area contributed by atoms with Gasteiger partial charge in [0.15, 0.2) is 0 Å². The summed E-state index contributed by atoms with van der Waals surface area (Å²) < 4.78 is 7.75. The first-order valence-electron chi connectivity index (χ1n) is 6.61. The van der Waals surface area contributed by atoms with Crippen molar-refractivity contribution in [3.8, 4) is 0 Å². The van der Waals surface area contributed by atoms with E-state index in [1.165, 1.54) is 12.8 Å². The van der Waals surface area contributed by atoms with E-state index in [0.29, 0.717) is 6.04 Å². The van der Waals surface area contributed by atoms with E-state index in [2.05, 4.69) is 28.7 Å². The van der Waals surface area contributed by atoms with Crippen LogP contribution in [0.1, 0.15) is 33.1 Å². The maximum atomic E-state index is 5.62. The zero-order valence-corrected chi connectivity index (χ0v) is 10.9. The molecule has 4 heteroatoms. The average molecular weight is 237 g/mol. The van der Waals surface area contributed by atoms with Crippen LogP contribution in [0.25, 0.3) is 0 Å². The molecule has 0 atom stereocenters. The van der Waals surface area contributed by atoms with E-state index in [0.717, 1.165) is 38.0 Å². The van der Waals surface area contributed by atoms with E-state index in [4.69, 9.17) is 4.74 Å². The molecule has 0 amide bonds. The summed E-state index contributed by atoms with van der Waals surface area (Å²) in [5, 5.41) is 3.42. The van der Waals surface area contributed by atoms with Crippen LogP contribution in [-0.4, -0.2) is 28.8 Å². The number of ether oxygens (including phenoxy) is 1. The monoisotopic (exact) mass is 237 g/mol. The Hall–Kier alpha value is -1.03. The molecule has 1 aromatic rings. The Labute approximate surface area is 103 Å². The lowest BCUT2D eigenvalue weighted by atomic mass is 10.1. The molecule has 4 nitrogen and oxygen atoms in total. The van der Waals surface area contributed by atoms with Crippen molar-refractivity contribution in [3.63, 3.8) is 0 Å². The van der Waals surface area contributed by atoms with Crippen LogP contribution in [0.2, 0.25) is 0 Å². The Morgan fingerprint density at radius 1 is 1.47 bits per heavy atom. The van der Waals surface area contributed by atoms with Crippen molar-refractivity contribution in [2.24, 2.45) is 5.92 Å². The van der Waals surface area contributed by atoms with Gasteiger partial charge in [0.1, 0.15) is 0 Å². The number of imidazole rings is 1. The van der Waals surface area contributed by atoms with E-state index >= 15 is 0 Å². The van der Waals surface area contributed by atoms with E-state index in [1.54, 1.807) is 0 Å². The normalized spacial score (nSPS) is 15.5. The van der Waals surface area contributed by atoms with Gasteiger partial charge in [-0.05, 0) is 25.2 Å². The fraction of sp³-hybridized carbons (Fsp3) is 0.769. The summed E-state index contributed by atoms with van der Waals surface area (Å²) in [7, 11) is 0. The van der Waals surface area contributed by atoms with Gasteiger partial charge in [-0.25, -0.2) is 4.98 Å². The lowest BCUT2D eigenvalue weighted by molar-refractivity contribution is 0.116. The van der Waals surface area contributed by atoms with E-state index in [9.17, 15) is 0 Å². The minimum atomic E-state index is 0.651. The quantitative estimate of drug-likeness (QED) is 0.706. The van der Waals surface area contributed by atoms with Crippen LogP contribution in [0, 0.1) is 5.92 Å². The second-order valence-electron chi connectivity index (χ2n) is 5.16. The van der Waals surface area contributed by atoms with Gasteiger partial charge in [0.05, 0.1) is 6.61 Å². The highest BCUT2D eigenvalue weighted by atomic mass is 16.5. The van der Waals surface area contributed by atoms with Crippen LogP contribution in [0.5, 0.6) is 0 Å². The predicted octanol–water partition coefficient (Wildman–Crippen LogP) is 2.52. The Kier molecular flexibility index (Phi) is 4.42. The third-order valence-electron chi connectivity index (χ3n) is 2.94. The highest BCUT2D eigenvalue weighted by Gasteiger charge is 2.22. The molecule has 1 saturated carbocycles. The average Bonchev–Trinajstić information content (AvgIpc) is 2.98. The van der Waals surface area contributed by atoms with Crippen molar-refractivity contribution in [3.05, 3.63) is 12.4 Å². The number of hydrogen-bond acceptors (Lipinski definition) is 3. The molecule has 1 aliphatic rings. The van der Waals surface area contributed by atoms with Gasteiger partial charge in [0.25, 0.3) is 0 Å². The first kappa shape index (κ1) is 12.4. The molecule has 0 saturated heterocycles. The molecule has 0 spiro atoms. The molecule has 2 rings (SSSR count). The van der Waals surface area contributed by atoms with Gasteiger partial charge in [0.2, 0.25) is 5.95 Å². The van der Waals surface area contributed by atoms with Crippen molar-refractivity contribution < 1.29 is 4.74 Å². The van der Waals surface area contributed by atoms with Gasteiger partial charge in [-0.2, -0.15) is 0 Å². The number of anilines is 1. The zero-order valence-electron chi connectivity index (χ0n) is 10.9. The maximum Gasteiger partial charge on any atom is 0.203 e. The first-order valence-corrected chi connectivity index (χ1v) is 6.61. The molecule has 1 N–H and O–H groups in total. The molecule has 1 aliphatic carbocycles. The van der Waals surface area contributed by atoms with Crippen LogP contribution < -0.4 is 5.32 Å². The molecule has 0 aromatic carbocycles. The molecule has 0 bridgehead atoms. The van der Waals surface area contributed by atoms with E-state index in [1.807, 2.05) is 12.4 Å². The van der Waals surface area contributed by atoms with Crippen molar-refractivity contribution in [2.75, 3.05) is 18.5 Å². The minimum absolute atomic E-state index is 0.651. The zero-order chi connectivity index (χ0) is 12.1. The Morgan fingerprint density at radius 3 is 3.00 bits per heavy atom. The SMILES string of the molecule is CC(C)CCOCCn1ccnc1NC1CC1. The Bertz CT molecular complexity index is 331. The van der Waals surface area contributed by atoms with Gasteiger partial charge in [-0.3, -0.25) is 0 Å². The van der Waals surface area contributed by atoms with Crippen LogP contribution in [0.4, 0.5) is 5.95 Å². The number of nitrogens with zero attached hydrogens (tertiary/aromatic N) is 2. The molecule has 1 heterocycles. The van der Waals surface area contributed by atoms with Gasteiger partial charge in [-0.15, -0.1) is 0 Å². The summed E-state index contributed by atoms with van der Waals surface area (Å²) >= 11 is 0. The number of nitrogens with one attached hydrogen (secondary N) is 1. The van der Waals surface area contributed by atoms with Crippen LogP contribution in [0.3, 0.4) is 0 Å². The summed E-state index contributed by atoms with van der Waals surface area (Å²) in [6, 6.07) is 0.651. The fourth-order valence-corrected chi connectivity index (χ4v) is 1.62. The van der Waals surface area contributed by atoms with Gasteiger partial charge in [-0.1, -0.05) is 13.8 Å². The number of hydrogen-bond donors (Lipinski definition) is 1.